The minimum absolute atomic E-state index is 0.0429. The van der Waals surface area contributed by atoms with E-state index in [1.807, 2.05) is 32.4 Å². The highest BCUT2D eigenvalue weighted by molar-refractivity contribution is 5.79. The van der Waals surface area contributed by atoms with Crippen molar-refractivity contribution < 1.29 is 0 Å². The molecule has 0 atom stereocenters. The lowest BCUT2D eigenvalue weighted by atomic mass is 10.1. The molecule has 0 fully saturated rings. The van der Waals surface area contributed by atoms with Gasteiger partial charge in [-0.15, -0.1) is 0 Å². The van der Waals surface area contributed by atoms with E-state index in [9.17, 15) is 4.79 Å². The van der Waals surface area contributed by atoms with E-state index in [2.05, 4.69) is 24.0 Å². The number of hydrogen-bond donors (Lipinski definition) is 0. The minimum Gasteiger partial charge on any atom is -0.265 e. The van der Waals surface area contributed by atoms with Crippen LogP contribution in [0.1, 0.15) is 46.7 Å². The summed E-state index contributed by atoms with van der Waals surface area (Å²) in [5.41, 5.74) is 1.26. The molecule has 0 aliphatic heterocycles. The van der Waals surface area contributed by atoms with Gasteiger partial charge in [0, 0.05) is 11.9 Å². The maximum Gasteiger partial charge on any atom is 0.292 e. The number of fused-ring (bicyclic) bond motifs is 1. The summed E-state index contributed by atoms with van der Waals surface area (Å²) in [7, 11) is 0. The molecular weight excluding hydrogens is 252 g/mol. The molecule has 0 radical (unpaired) electrons. The molecule has 0 amide bonds. The van der Waals surface area contributed by atoms with E-state index in [0.29, 0.717) is 18.0 Å². The molecular formula is C15H24N4O. The highest BCUT2D eigenvalue weighted by Gasteiger charge is 2.21. The van der Waals surface area contributed by atoms with Gasteiger partial charge in [-0.2, -0.15) is 10.2 Å². The minimum atomic E-state index is -0.218. The van der Waals surface area contributed by atoms with Crippen molar-refractivity contribution in [2.75, 3.05) is 0 Å². The molecule has 5 heteroatoms. The first-order valence-corrected chi connectivity index (χ1v) is 7.17. The summed E-state index contributed by atoms with van der Waals surface area (Å²) < 4.78 is 3.40. The third-order valence-electron chi connectivity index (χ3n) is 3.42. The molecule has 110 valence electrons. The Balaban J connectivity index is 2.64. The van der Waals surface area contributed by atoms with E-state index < -0.39 is 0 Å². The summed E-state index contributed by atoms with van der Waals surface area (Å²) in [6.45, 7) is 13.0. The molecule has 2 aromatic rings. The van der Waals surface area contributed by atoms with E-state index in [4.69, 9.17) is 0 Å². The first-order valence-electron chi connectivity index (χ1n) is 7.17. The summed E-state index contributed by atoms with van der Waals surface area (Å²) in [6.07, 6.45) is 2.69. The molecule has 2 rings (SSSR count). The average molecular weight is 276 g/mol. The van der Waals surface area contributed by atoms with Gasteiger partial charge in [-0.1, -0.05) is 13.8 Å². The lowest BCUT2D eigenvalue weighted by Gasteiger charge is -2.20. The number of aryl methyl sites for hydroxylation is 2. The third-order valence-corrected chi connectivity index (χ3v) is 3.42. The van der Waals surface area contributed by atoms with Crippen LogP contribution in [0.2, 0.25) is 0 Å². The molecule has 0 bridgehead atoms. The number of rotatable bonds is 3. The maximum absolute atomic E-state index is 12.7. The summed E-state index contributed by atoms with van der Waals surface area (Å²) in [5, 5.41) is 9.66. The Hall–Kier alpha value is -1.65. The van der Waals surface area contributed by atoms with Crippen molar-refractivity contribution in [1.29, 1.82) is 0 Å². The van der Waals surface area contributed by atoms with Gasteiger partial charge in [0.25, 0.3) is 5.56 Å². The van der Waals surface area contributed by atoms with E-state index in [1.54, 1.807) is 10.9 Å². The SMILES string of the molecule is Cc1nn(CCC(C)C)c(=O)c2c1cnn2C(C)(C)C. The van der Waals surface area contributed by atoms with E-state index in [0.717, 1.165) is 17.5 Å². The second-order valence-electron chi connectivity index (χ2n) is 6.79. The van der Waals surface area contributed by atoms with Crippen LogP contribution in [0.3, 0.4) is 0 Å². The molecule has 0 N–H and O–H groups in total. The van der Waals surface area contributed by atoms with E-state index >= 15 is 0 Å². The zero-order valence-electron chi connectivity index (χ0n) is 13.3. The van der Waals surface area contributed by atoms with Gasteiger partial charge >= 0.3 is 0 Å². The lowest BCUT2D eigenvalue weighted by molar-refractivity contribution is 0.365. The Morgan fingerprint density at radius 2 is 1.95 bits per heavy atom. The monoisotopic (exact) mass is 276 g/mol. The normalized spacial score (nSPS) is 12.6. The van der Waals surface area contributed by atoms with Gasteiger partial charge in [0.1, 0.15) is 5.52 Å². The smallest absolute Gasteiger partial charge is 0.265 e. The molecule has 0 aliphatic rings. The third kappa shape index (κ3) is 2.62. The topological polar surface area (TPSA) is 52.7 Å². The lowest BCUT2D eigenvalue weighted by Crippen LogP contribution is -2.31. The van der Waals surface area contributed by atoms with Crippen LogP contribution in [0.4, 0.5) is 0 Å². The predicted octanol–water partition coefficient (Wildman–Crippen LogP) is 2.70. The highest BCUT2D eigenvalue weighted by atomic mass is 16.1. The Bertz CT molecular complexity index is 673. The van der Waals surface area contributed by atoms with Crippen LogP contribution in [0, 0.1) is 12.8 Å². The average Bonchev–Trinajstić information content (AvgIpc) is 2.76. The van der Waals surface area contributed by atoms with Crippen molar-refractivity contribution in [2.45, 2.75) is 60.0 Å². The van der Waals surface area contributed by atoms with Gasteiger partial charge in [-0.05, 0) is 40.0 Å². The van der Waals surface area contributed by atoms with Crippen LogP contribution in [0.15, 0.2) is 11.0 Å². The van der Waals surface area contributed by atoms with Gasteiger partial charge in [0.2, 0.25) is 0 Å². The van der Waals surface area contributed by atoms with Crippen LogP contribution in [0.25, 0.3) is 10.9 Å². The van der Waals surface area contributed by atoms with Gasteiger partial charge in [-0.3, -0.25) is 9.48 Å². The van der Waals surface area contributed by atoms with Crippen molar-refractivity contribution >= 4 is 10.9 Å². The Morgan fingerprint density at radius 1 is 1.30 bits per heavy atom. The van der Waals surface area contributed by atoms with E-state index in [1.165, 1.54) is 0 Å². The molecule has 0 spiro atoms. The first-order chi connectivity index (χ1) is 9.21. The Labute approximate surface area is 119 Å². The van der Waals surface area contributed by atoms with Gasteiger partial charge in [0.05, 0.1) is 17.4 Å². The summed E-state index contributed by atoms with van der Waals surface area (Å²) in [6, 6.07) is 0. The Kier molecular flexibility index (Phi) is 3.71. The quantitative estimate of drug-likeness (QED) is 0.866. The van der Waals surface area contributed by atoms with Crippen LogP contribution >= 0.6 is 0 Å². The van der Waals surface area contributed by atoms with Crippen molar-refractivity contribution in [3.05, 3.63) is 22.2 Å². The van der Waals surface area contributed by atoms with Gasteiger partial charge < -0.3 is 0 Å². The zero-order chi connectivity index (χ0) is 15.1. The fraction of sp³-hybridized carbons (Fsp3) is 0.667. The van der Waals surface area contributed by atoms with Crippen LogP contribution in [0.5, 0.6) is 0 Å². The molecule has 2 heterocycles. The zero-order valence-corrected chi connectivity index (χ0v) is 13.3. The number of aromatic nitrogens is 4. The molecule has 0 aliphatic carbocycles. The largest absolute Gasteiger partial charge is 0.292 e. The molecule has 5 nitrogen and oxygen atoms in total. The summed E-state index contributed by atoms with van der Waals surface area (Å²) in [4.78, 5) is 12.7. The molecule has 0 saturated carbocycles. The molecule has 0 saturated heterocycles. The fourth-order valence-electron chi connectivity index (χ4n) is 2.26. The second kappa shape index (κ2) is 5.04. The van der Waals surface area contributed by atoms with Crippen molar-refractivity contribution in [3.8, 4) is 0 Å². The number of nitrogens with zero attached hydrogens (tertiary/aromatic N) is 4. The van der Waals surface area contributed by atoms with E-state index in [-0.39, 0.29) is 11.1 Å². The second-order valence-corrected chi connectivity index (χ2v) is 6.79. The fourth-order valence-corrected chi connectivity index (χ4v) is 2.26. The molecule has 0 unspecified atom stereocenters. The van der Waals surface area contributed by atoms with Crippen LogP contribution in [-0.4, -0.2) is 19.6 Å². The standard InChI is InChI=1S/C15H24N4O/c1-10(2)7-8-18-14(20)13-12(11(3)17-18)9-16-19(13)15(4,5)6/h9-10H,7-8H2,1-6H3. The Morgan fingerprint density at radius 3 is 2.50 bits per heavy atom. The molecule has 20 heavy (non-hydrogen) atoms. The van der Waals surface area contributed by atoms with Crippen molar-refractivity contribution in [1.82, 2.24) is 19.6 Å². The predicted molar refractivity (Wildman–Crippen MR) is 81.0 cm³/mol. The summed E-state index contributed by atoms with van der Waals surface area (Å²) >= 11 is 0. The van der Waals surface area contributed by atoms with Crippen molar-refractivity contribution in [3.63, 3.8) is 0 Å². The van der Waals surface area contributed by atoms with Crippen molar-refractivity contribution in [2.24, 2.45) is 5.92 Å². The number of hydrogen-bond acceptors (Lipinski definition) is 3. The highest BCUT2D eigenvalue weighted by Crippen LogP contribution is 2.20. The first kappa shape index (κ1) is 14.8. The maximum atomic E-state index is 12.7. The molecule has 0 aromatic carbocycles. The van der Waals surface area contributed by atoms with Gasteiger partial charge in [0.15, 0.2) is 0 Å². The molecule has 2 aromatic heterocycles. The van der Waals surface area contributed by atoms with Crippen LogP contribution in [-0.2, 0) is 12.1 Å². The van der Waals surface area contributed by atoms with Gasteiger partial charge in [-0.25, -0.2) is 4.68 Å². The van der Waals surface area contributed by atoms with Crippen LogP contribution < -0.4 is 5.56 Å². The summed E-state index contributed by atoms with van der Waals surface area (Å²) in [5.74, 6) is 0.548.